The van der Waals surface area contributed by atoms with Gasteiger partial charge >= 0.3 is 0 Å². The molecule has 0 bridgehead atoms. The van der Waals surface area contributed by atoms with Crippen molar-refractivity contribution in [3.05, 3.63) is 41.2 Å². The van der Waals surface area contributed by atoms with Gasteiger partial charge in [-0.05, 0) is 30.3 Å². The second-order valence-corrected chi connectivity index (χ2v) is 5.40. The Balaban J connectivity index is 2.23. The fourth-order valence-electron chi connectivity index (χ4n) is 1.59. The first kappa shape index (κ1) is 13.5. The van der Waals surface area contributed by atoms with Crippen LogP contribution in [-0.4, -0.2) is 16.1 Å². The molecule has 1 heterocycles. The molecule has 96 valence electrons. The lowest BCUT2D eigenvalue weighted by molar-refractivity contribution is 0.717. The Morgan fingerprint density at radius 1 is 1.44 bits per heavy atom. The zero-order valence-corrected chi connectivity index (χ0v) is 12.1. The molecule has 2 aromatic rings. The molecule has 18 heavy (non-hydrogen) atoms. The van der Waals surface area contributed by atoms with Gasteiger partial charge in [-0.1, -0.05) is 30.3 Å². The van der Waals surface area contributed by atoms with E-state index >= 15 is 0 Å². The van der Waals surface area contributed by atoms with Gasteiger partial charge < -0.3 is 9.88 Å². The predicted molar refractivity (Wildman–Crippen MR) is 76.2 cm³/mol. The van der Waals surface area contributed by atoms with Gasteiger partial charge in [-0.15, -0.1) is 0 Å². The monoisotopic (exact) mass is 281 g/mol. The second-order valence-electron chi connectivity index (χ2n) is 3.96. The van der Waals surface area contributed by atoms with Crippen molar-refractivity contribution in [3.63, 3.8) is 0 Å². The average molecular weight is 282 g/mol. The highest BCUT2D eigenvalue weighted by Crippen LogP contribution is 2.30. The van der Waals surface area contributed by atoms with Crippen molar-refractivity contribution in [2.24, 2.45) is 7.05 Å². The number of nitrogens with zero attached hydrogens (tertiary/aromatic N) is 2. The van der Waals surface area contributed by atoms with Crippen molar-refractivity contribution in [3.8, 4) is 0 Å². The molecule has 1 aromatic carbocycles. The first-order chi connectivity index (χ1) is 8.70. The molecule has 0 aliphatic heterocycles. The molecule has 1 N–H and O–H groups in total. The molecule has 5 heteroatoms. The van der Waals surface area contributed by atoms with Crippen molar-refractivity contribution in [2.75, 3.05) is 6.54 Å². The van der Waals surface area contributed by atoms with Crippen LogP contribution in [0.1, 0.15) is 12.5 Å². The Morgan fingerprint density at radius 3 is 2.94 bits per heavy atom. The van der Waals surface area contributed by atoms with Crippen molar-refractivity contribution >= 4 is 23.4 Å². The molecule has 0 aliphatic carbocycles. The number of hydrogen-bond acceptors (Lipinski definition) is 3. The van der Waals surface area contributed by atoms with Crippen molar-refractivity contribution in [2.45, 2.75) is 23.5 Å². The minimum Gasteiger partial charge on any atom is -0.329 e. The number of aromatic nitrogens is 2. The lowest BCUT2D eigenvalue weighted by atomic mass is 10.2. The molecule has 0 spiro atoms. The van der Waals surface area contributed by atoms with Crippen LogP contribution in [-0.2, 0) is 13.6 Å². The summed E-state index contributed by atoms with van der Waals surface area (Å²) >= 11 is 7.71. The fraction of sp³-hybridized carbons (Fsp3) is 0.308. The summed E-state index contributed by atoms with van der Waals surface area (Å²) in [7, 11) is 2.00. The quantitative estimate of drug-likeness (QED) is 0.912. The van der Waals surface area contributed by atoms with Gasteiger partial charge in [0.1, 0.15) is 0 Å². The lowest BCUT2D eigenvalue weighted by Gasteiger charge is -2.10. The molecule has 3 nitrogen and oxygen atoms in total. The lowest BCUT2D eigenvalue weighted by Crippen LogP contribution is -2.12. The van der Waals surface area contributed by atoms with Crippen LogP contribution in [0.25, 0.3) is 0 Å². The van der Waals surface area contributed by atoms with E-state index in [1.165, 1.54) is 10.5 Å². The SMILES string of the molecule is CCNCc1cc(Cl)ccc1Sc1nccn1C. The number of aryl methyl sites for hydroxylation is 1. The van der Waals surface area contributed by atoms with E-state index in [-0.39, 0.29) is 0 Å². The normalized spacial score (nSPS) is 10.8. The summed E-state index contributed by atoms with van der Waals surface area (Å²) in [5, 5.41) is 5.08. The third kappa shape index (κ3) is 3.28. The number of halogens is 1. The Labute approximate surface area is 117 Å². The Kier molecular flexibility index (Phi) is 4.69. The molecule has 0 unspecified atom stereocenters. The van der Waals surface area contributed by atoms with E-state index in [1.807, 2.05) is 42.2 Å². The van der Waals surface area contributed by atoms with Crippen LogP contribution in [0.2, 0.25) is 5.02 Å². The van der Waals surface area contributed by atoms with Gasteiger partial charge in [-0.25, -0.2) is 4.98 Å². The van der Waals surface area contributed by atoms with Crippen LogP contribution in [0.3, 0.4) is 0 Å². The Morgan fingerprint density at radius 2 is 2.28 bits per heavy atom. The van der Waals surface area contributed by atoms with Crippen molar-refractivity contribution in [1.29, 1.82) is 0 Å². The maximum absolute atomic E-state index is 6.05. The maximum Gasteiger partial charge on any atom is 0.172 e. The smallest absolute Gasteiger partial charge is 0.172 e. The van der Waals surface area contributed by atoms with Gasteiger partial charge in [0, 0.05) is 35.9 Å². The largest absolute Gasteiger partial charge is 0.329 e. The molecule has 0 saturated heterocycles. The van der Waals surface area contributed by atoms with Gasteiger partial charge in [0.2, 0.25) is 0 Å². The van der Waals surface area contributed by atoms with Crippen LogP contribution in [0.15, 0.2) is 40.6 Å². The summed E-state index contributed by atoms with van der Waals surface area (Å²) in [5.41, 5.74) is 1.21. The molecule has 0 saturated carbocycles. The fourth-order valence-corrected chi connectivity index (χ4v) is 2.70. The van der Waals surface area contributed by atoms with E-state index < -0.39 is 0 Å². The standard InChI is InChI=1S/C13H16ClN3S/c1-3-15-9-10-8-11(14)4-5-12(10)18-13-16-6-7-17(13)2/h4-8,15H,3,9H2,1-2H3. The third-order valence-electron chi connectivity index (χ3n) is 2.57. The van der Waals surface area contributed by atoms with E-state index in [0.717, 1.165) is 23.3 Å². The van der Waals surface area contributed by atoms with E-state index in [0.29, 0.717) is 0 Å². The van der Waals surface area contributed by atoms with Crippen LogP contribution < -0.4 is 5.32 Å². The van der Waals surface area contributed by atoms with Gasteiger partial charge in [0.25, 0.3) is 0 Å². The zero-order valence-electron chi connectivity index (χ0n) is 10.5. The highest BCUT2D eigenvalue weighted by Gasteiger charge is 2.08. The Bertz CT molecular complexity index is 525. The van der Waals surface area contributed by atoms with E-state index in [1.54, 1.807) is 11.8 Å². The van der Waals surface area contributed by atoms with E-state index in [9.17, 15) is 0 Å². The van der Waals surface area contributed by atoms with E-state index in [2.05, 4.69) is 17.2 Å². The zero-order chi connectivity index (χ0) is 13.0. The molecular formula is C13H16ClN3S. The van der Waals surface area contributed by atoms with Gasteiger partial charge in [-0.2, -0.15) is 0 Å². The van der Waals surface area contributed by atoms with Crippen LogP contribution >= 0.6 is 23.4 Å². The number of hydrogen-bond donors (Lipinski definition) is 1. The predicted octanol–water partition coefficient (Wildman–Crippen LogP) is 3.33. The second kappa shape index (κ2) is 6.27. The highest BCUT2D eigenvalue weighted by molar-refractivity contribution is 7.99. The number of imidazole rings is 1. The van der Waals surface area contributed by atoms with Gasteiger partial charge in [-0.3, -0.25) is 0 Å². The van der Waals surface area contributed by atoms with Gasteiger partial charge in [0.15, 0.2) is 5.16 Å². The molecule has 0 fully saturated rings. The molecule has 0 aliphatic rings. The summed E-state index contributed by atoms with van der Waals surface area (Å²) in [6.45, 7) is 3.86. The minimum absolute atomic E-state index is 0.770. The summed E-state index contributed by atoms with van der Waals surface area (Å²) < 4.78 is 2.01. The summed E-state index contributed by atoms with van der Waals surface area (Å²) in [5.74, 6) is 0. The van der Waals surface area contributed by atoms with Crippen molar-refractivity contribution in [1.82, 2.24) is 14.9 Å². The maximum atomic E-state index is 6.05. The number of rotatable bonds is 5. The number of benzene rings is 1. The van der Waals surface area contributed by atoms with Gasteiger partial charge in [0.05, 0.1) is 0 Å². The summed E-state index contributed by atoms with van der Waals surface area (Å²) in [4.78, 5) is 5.52. The van der Waals surface area contributed by atoms with Crippen LogP contribution in [0.4, 0.5) is 0 Å². The highest BCUT2D eigenvalue weighted by atomic mass is 35.5. The Hall–Kier alpha value is -0.970. The number of nitrogens with one attached hydrogen (secondary N) is 1. The van der Waals surface area contributed by atoms with E-state index in [4.69, 9.17) is 11.6 Å². The van der Waals surface area contributed by atoms with Crippen LogP contribution in [0.5, 0.6) is 0 Å². The minimum atomic E-state index is 0.770. The third-order valence-corrected chi connectivity index (χ3v) is 4.00. The molecule has 0 radical (unpaired) electrons. The molecular weight excluding hydrogens is 266 g/mol. The first-order valence-corrected chi connectivity index (χ1v) is 7.04. The van der Waals surface area contributed by atoms with Crippen LogP contribution in [0, 0.1) is 0 Å². The molecule has 1 aromatic heterocycles. The summed E-state index contributed by atoms with van der Waals surface area (Å²) in [6, 6.07) is 5.98. The molecule has 0 amide bonds. The topological polar surface area (TPSA) is 29.9 Å². The average Bonchev–Trinajstić information content (AvgIpc) is 2.75. The molecule has 2 rings (SSSR count). The first-order valence-electron chi connectivity index (χ1n) is 5.85. The van der Waals surface area contributed by atoms with Crippen molar-refractivity contribution < 1.29 is 0 Å². The molecule has 0 atom stereocenters. The summed E-state index contributed by atoms with van der Waals surface area (Å²) in [6.07, 6.45) is 3.75.